The Morgan fingerprint density at radius 2 is 1.86 bits per heavy atom. The fraction of sp³-hybridized carbons (Fsp3) is 0.250. The predicted molar refractivity (Wildman–Crippen MR) is 107 cm³/mol. The minimum atomic E-state index is -0.732. The Kier molecular flexibility index (Phi) is 6.23. The van der Waals surface area contributed by atoms with E-state index in [0.717, 1.165) is 10.1 Å². The minimum absolute atomic E-state index is 0.213. The number of amides is 1. The van der Waals surface area contributed by atoms with E-state index in [-0.39, 0.29) is 24.3 Å². The third-order valence-corrected chi connectivity index (χ3v) is 4.63. The zero-order valence-corrected chi connectivity index (χ0v) is 16.9. The van der Waals surface area contributed by atoms with E-state index in [1.54, 1.807) is 30.3 Å². The van der Waals surface area contributed by atoms with Gasteiger partial charge in [0.05, 0.1) is 20.3 Å². The molecular formula is C20H20ClN3O5. The van der Waals surface area contributed by atoms with Gasteiger partial charge in [0, 0.05) is 10.6 Å². The molecular weight excluding hydrogens is 398 g/mol. The lowest BCUT2D eigenvalue weighted by atomic mass is 10.1. The molecule has 152 valence electrons. The number of carbonyl (C=O) groups excluding carboxylic acids is 1. The van der Waals surface area contributed by atoms with Gasteiger partial charge in [-0.1, -0.05) is 28.9 Å². The monoisotopic (exact) mass is 417 g/mol. The van der Waals surface area contributed by atoms with Crippen molar-refractivity contribution in [2.24, 2.45) is 0 Å². The Balaban J connectivity index is 1.80. The maximum Gasteiger partial charge on any atom is 0.442 e. The summed E-state index contributed by atoms with van der Waals surface area (Å²) in [7, 11) is 3.03. The van der Waals surface area contributed by atoms with Crippen molar-refractivity contribution in [2.45, 2.75) is 19.5 Å². The third-order valence-electron chi connectivity index (χ3n) is 4.38. The first kappa shape index (κ1) is 20.5. The molecule has 1 heterocycles. The van der Waals surface area contributed by atoms with Crippen LogP contribution in [0.3, 0.4) is 0 Å². The van der Waals surface area contributed by atoms with E-state index >= 15 is 0 Å². The summed E-state index contributed by atoms with van der Waals surface area (Å²) < 4.78 is 16.4. The van der Waals surface area contributed by atoms with Crippen molar-refractivity contribution in [1.82, 2.24) is 15.0 Å². The SMILES string of the molecule is COc1ccc(-c2noc(=O)n2CC(=O)NC(C)c2ccc(Cl)cc2)cc1OC. The number of aromatic nitrogens is 2. The molecule has 3 aromatic rings. The predicted octanol–water partition coefficient (Wildman–Crippen LogP) is 3.05. The Morgan fingerprint density at radius 3 is 2.52 bits per heavy atom. The first-order valence-corrected chi connectivity index (χ1v) is 9.14. The molecule has 0 saturated carbocycles. The maximum absolute atomic E-state index is 12.5. The van der Waals surface area contributed by atoms with Gasteiger partial charge in [0.2, 0.25) is 5.91 Å². The summed E-state index contributed by atoms with van der Waals surface area (Å²) in [6.45, 7) is 1.59. The molecule has 0 saturated heterocycles. The van der Waals surface area contributed by atoms with Crippen molar-refractivity contribution in [2.75, 3.05) is 14.2 Å². The van der Waals surface area contributed by atoms with Crippen molar-refractivity contribution in [3.8, 4) is 22.9 Å². The maximum atomic E-state index is 12.5. The number of ether oxygens (including phenoxy) is 2. The molecule has 8 nitrogen and oxygen atoms in total. The van der Waals surface area contributed by atoms with Gasteiger partial charge in [-0.3, -0.25) is 9.32 Å². The van der Waals surface area contributed by atoms with Crippen LogP contribution in [0.25, 0.3) is 11.4 Å². The minimum Gasteiger partial charge on any atom is -0.493 e. The fourth-order valence-electron chi connectivity index (χ4n) is 2.86. The summed E-state index contributed by atoms with van der Waals surface area (Å²) in [4.78, 5) is 24.6. The second kappa shape index (κ2) is 8.83. The molecule has 2 aromatic carbocycles. The molecule has 0 spiro atoms. The smallest absolute Gasteiger partial charge is 0.442 e. The van der Waals surface area contributed by atoms with E-state index in [9.17, 15) is 9.59 Å². The Hall–Kier alpha value is -3.26. The van der Waals surface area contributed by atoms with Gasteiger partial charge in [0.15, 0.2) is 17.3 Å². The van der Waals surface area contributed by atoms with Gasteiger partial charge in [0.25, 0.3) is 0 Å². The highest BCUT2D eigenvalue weighted by atomic mass is 35.5. The van der Waals surface area contributed by atoms with Crippen molar-refractivity contribution >= 4 is 17.5 Å². The van der Waals surface area contributed by atoms with Gasteiger partial charge in [0.1, 0.15) is 6.54 Å². The van der Waals surface area contributed by atoms with E-state index in [2.05, 4.69) is 10.5 Å². The molecule has 1 aromatic heterocycles. The number of carbonyl (C=O) groups is 1. The van der Waals surface area contributed by atoms with Crippen molar-refractivity contribution in [1.29, 1.82) is 0 Å². The summed E-state index contributed by atoms with van der Waals surface area (Å²) >= 11 is 5.89. The number of nitrogens with zero attached hydrogens (tertiary/aromatic N) is 2. The van der Waals surface area contributed by atoms with Crippen LogP contribution in [0.2, 0.25) is 5.02 Å². The number of hydrogen-bond donors (Lipinski definition) is 1. The third kappa shape index (κ3) is 4.60. The summed E-state index contributed by atoms with van der Waals surface area (Å²) in [6.07, 6.45) is 0. The number of nitrogens with one attached hydrogen (secondary N) is 1. The Morgan fingerprint density at radius 1 is 1.17 bits per heavy atom. The van der Waals surface area contributed by atoms with Gasteiger partial charge in [-0.2, -0.15) is 0 Å². The molecule has 0 fully saturated rings. The highest BCUT2D eigenvalue weighted by Gasteiger charge is 2.19. The van der Waals surface area contributed by atoms with Crippen LogP contribution >= 0.6 is 11.6 Å². The van der Waals surface area contributed by atoms with Crippen LogP contribution in [0, 0.1) is 0 Å². The van der Waals surface area contributed by atoms with Crippen LogP contribution in [0.1, 0.15) is 18.5 Å². The zero-order valence-electron chi connectivity index (χ0n) is 16.1. The largest absolute Gasteiger partial charge is 0.493 e. The number of hydrogen-bond acceptors (Lipinski definition) is 6. The number of methoxy groups -OCH3 is 2. The van der Waals surface area contributed by atoms with Gasteiger partial charge in [-0.15, -0.1) is 0 Å². The normalized spacial score (nSPS) is 11.7. The lowest BCUT2D eigenvalue weighted by Gasteiger charge is -2.15. The molecule has 29 heavy (non-hydrogen) atoms. The highest BCUT2D eigenvalue weighted by Crippen LogP contribution is 2.31. The van der Waals surface area contributed by atoms with E-state index in [0.29, 0.717) is 22.1 Å². The van der Waals surface area contributed by atoms with Crippen LogP contribution in [0.4, 0.5) is 0 Å². The van der Waals surface area contributed by atoms with Crippen molar-refractivity contribution < 1.29 is 18.8 Å². The Bertz CT molecular complexity index is 1060. The second-order valence-corrected chi connectivity index (χ2v) is 6.71. The van der Waals surface area contributed by atoms with Gasteiger partial charge in [-0.25, -0.2) is 9.36 Å². The second-order valence-electron chi connectivity index (χ2n) is 6.27. The molecule has 1 N–H and O–H groups in total. The van der Waals surface area contributed by atoms with Crippen LogP contribution in [-0.4, -0.2) is 29.9 Å². The van der Waals surface area contributed by atoms with Gasteiger partial charge in [-0.05, 0) is 42.8 Å². The number of rotatable bonds is 7. The molecule has 0 radical (unpaired) electrons. The van der Waals surface area contributed by atoms with E-state index < -0.39 is 5.76 Å². The first-order valence-electron chi connectivity index (χ1n) is 8.76. The summed E-state index contributed by atoms with van der Waals surface area (Å²) in [5.41, 5.74) is 1.44. The van der Waals surface area contributed by atoms with Crippen LogP contribution in [0.15, 0.2) is 51.8 Å². The average Bonchev–Trinajstić information content (AvgIpc) is 3.08. The topological polar surface area (TPSA) is 95.6 Å². The molecule has 9 heteroatoms. The zero-order chi connectivity index (χ0) is 21.0. The van der Waals surface area contributed by atoms with E-state index in [1.807, 2.05) is 19.1 Å². The molecule has 3 rings (SSSR count). The lowest BCUT2D eigenvalue weighted by Crippen LogP contribution is -2.33. The van der Waals surface area contributed by atoms with Gasteiger partial charge >= 0.3 is 5.76 Å². The van der Waals surface area contributed by atoms with Crippen molar-refractivity contribution in [3.05, 3.63) is 63.6 Å². The van der Waals surface area contributed by atoms with Crippen LogP contribution in [0.5, 0.6) is 11.5 Å². The quantitative estimate of drug-likeness (QED) is 0.634. The Labute approximate surface area is 172 Å². The van der Waals surface area contributed by atoms with Crippen LogP contribution in [-0.2, 0) is 11.3 Å². The highest BCUT2D eigenvalue weighted by molar-refractivity contribution is 6.30. The standard InChI is InChI=1S/C20H20ClN3O5/c1-12(13-4-7-15(21)8-5-13)22-18(25)11-24-19(23-29-20(24)26)14-6-9-16(27-2)17(10-14)28-3/h4-10,12H,11H2,1-3H3,(H,22,25). The van der Waals surface area contributed by atoms with E-state index in [4.69, 9.17) is 25.6 Å². The van der Waals surface area contributed by atoms with E-state index in [1.165, 1.54) is 14.2 Å². The summed E-state index contributed by atoms with van der Waals surface area (Å²) in [5.74, 6) is 0.116. The molecule has 1 unspecified atom stereocenters. The number of benzene rings is 2. The molecule has 0 aliphatic rings. The summed E-state index contributed by atoms with van der Waals surface area (Å²) in [6, 6.07) is 11.9. The summed E-state index contributed by atoms with van der Waals surface area (Å²) in [5, 5.41) is 7.26. The lowest BCUT2D eigenvalue weighted by molar-refractivity contribution is -0.122. The number of halogens is 1. The average molecular weight is 418 g/mol. The fourth-order valence-corrected chi connectivity index (χ4v) is 2.98. The van der Waals surface area contributed by atoms with Gasteiger partial charge < -0.3 is 14.8 Å². The first-order chi connectivity index (χ1) is 13.9. The molecule has 0 aliphatic heterocycles. The molecule has 0 aliphatic carbocycles. The van der Waals surface area contributed by atoms with Crippen LogP contribution < -0.4 is 20.5 Å². The molecule has 1 amide bonds. The van der Waals surface area contributed by atoms with Crippen molar-refractivity contribution in [3.63, 3.8) is 0 Å². The molecule has 1 atom stereocenters. The molecule has 0 bridgehead atoms.